The molecule has 1 heterocycles. The summed E-state index contributed by atoms with van der Waals surface area (Å²) < 4.78 is 0. The lowest BCUT2D eigenvalue weighted by molar-refractivity contribution is -0.127. The number of hydrogen-bond donors (Lipinski definition) is 1. The maximum Gasteiger partial charge on any atom is 0.255 e. The van der Waals surface area contributed by atoms with Crippen molar-refractivity contribution in [2.45, 2.75) is 63.6 Å². The van der Waals surface area contributed by atoms with Crippen molar-refractivity contribution in [3.8, 4) is 0 Å². The van der Waals surface area contributed by atoms with Crippen LogP contribution in [-0.4, -0.2) is 22.8 Å². The molecule has 2 aliphatic rings. The molecule has 0 unspecified atom stereocenters. The van der Waals surface area contributed by atoms with Gasteiger partial charge in [0.2, 0.25) is 5.91 Å². The zero-order chi connectivity index (χ0) is 19.5. The Kier molecular flexibility index (Phi) is 5.47. The highest BCUT2D eigenvalue weighted by atomic mass is 16.2. The molecule has 4 nitrogen and oxygen atoms in total. The second kappa shape index (κ2) is 8.17. The van der Waals surface area contributed by atoms with Crippen molar-refractivity contribution in [1.29, 1.82) is 0 Å². The molecule has 1 aliphatic carbocycles. The van der Waals surface area contributed by atoms with Gasteiger partial charge in [0.05, 0.1) is 6.04 Å². The van der Waals surface area contributed by atoms with E-state index in [2.05, 4.69) is 5.32 Å². The number of carbonyl (C=O) groups excluding carboxylic acids is 2. The first-order valence-corrected chi connectivity index (χ1v) is 10.4. The normalized spacial score (nSPS) is 21.1. The predicted molar refractivity (Wildman–Crippen MR) is 110 cm³/mol. The Labute approximate surface area is 166 Å². The van der Waals surface area contributed by atoms with Gasteiger partial charge in [-0.3, -0.25) is 9.59 Å². The molecule has 0 aromatic heterocycles. The van der Waals surface area contributed by atoms with Crippen LogP contribution >= 0.6 is 0 Å². The van der Waals surface area contributed by atoms with Gasteiger partial charge in [-0.15, -0.1) is 0 Å². The first kappa shape index (κ1) is 18.7. The summed E-state index contributed by atoms with van der Waals surface area (Å²) >= 11 is 0. The van der Waals surface area contributed by atoms with Crippen molar-refractivity contribution in [3.63, 3.8) is 0 Å². The Hall–Kier alpha value is -2.62. The predicted octanol–water partition coefficient (Wildman–Crippen LogP) is 4.78. The summed E-state index contributed by atoms with van der Waals surface area (Å²) in [5.74, 6) is -0.110. The van der Waals surface area contributed by atoms with Crippen LogP contribution in [0.25, 0.3) is 0 Å². The van der Waals surface area contributed by atoms with E-state index in [1.807, 2.05) is 61.5 Å². The van der Waals surface area contributed by atoms with Crippen LogP contribution in [-0.2, 0) is 4.79 Å². The van der Waals surface area contributed by atoms with Crippen LogP contribution in [0, 0.1) is 0 Å². The van der Waals surface area contributed by atoms with E-state index in [0.29, 0.717) is 5.56 Å². The number of hydrogen-bond acceptors (Lipinski definition) is 2. The molecule has 0 bridgehead atoms. The molecule has 1 aliphatic heterocycles. The SMILES string of the molecule is C[C@H](c1ccccc1)N1C(=O)c2ccccc2[C@@H]1C(=O)NC1CCCCCC1. The average Bonchev–Trinajstić information content (AvgIpc) is 2.86. The number of nitrogens with zero attached hydrogens (tertiary/aromatic N) is 1. The number of benzene rings is 2. The van der Waals surface area contributed by atoms with Gasteiger partial charge in [-0.2, -0.15) is 0 Å². The molecule has 2 aromatic rings. The summed E-state index contributed by atoms with van der Waals surface area (Å²) in [4.78, 5) is 28.4. The molecule has 146 valence electrons. The van der Waals surface area contributed by atoms with Gasteiger partial charge in [0, 0.05) is 11.6 Å². The smallest absolute Gasteiger partial charge is 0.255 e. The monoisotopic (exact) mass is 376 g/mol. The first-order valence-electron chi connectivity index (χ1n) is 10.4. The van der Waals surface area contributed by atoms with Crippen molar-refractivity contribution < 1.29 is 9.59 Å². The van der Waals surface area contributed by atoms with Crippen molar-refractivity contribution in [2.24, 2.45) is 0 Å². The van der Waals surface area contributed by atoms with Crippen LogP contribution in [0.15, 0.2) is 54.6 Å². The standard InChI is InChI=1S/C24H28N2O2/c1-17(18-11-5-4-6-12-18)26-22(20-15-9-10-16-21(20)24(26)28)23(27)25-19-13-7-2-3-8-14-19/h4-6,9-12,15-17,19,22H,2-3,7-8,13-14H2,1H3,(H,25,27)/t17-,22-/m1/s1. The third kappa shape index (κ3) is 3.56. The van der Waals surface area contributed by atoms with E-state index in [0.717, 1.165) is 36.8 Å². The highest BCUT2D eigenvalue weighted by Gasteiger charge is 2.43. The van der Waals surface area contributed by atoms with Crippen molar-refractivity contribution in [1.82, 2.24) is 10.2 Å². The van der Waals surface area contributed by atoms with Gasteiger partial charge in [-0.1, -0.05) is 74.2 Å². The lowest BCUT2D eigenvalue weighted by Crippen LogP contribution is -2.44. The highest BCUT2D eigenvalue weighted by molar-refractivity contribution is 6.05. The number of amides is 2. The number of fused-ring (bicyclic) bond motifs is 1. The van der Waals surface area contributed by atoms with Gasteiger partial charge in [0.1, 0.15) is 6.04 Å². The Morgan fingerprint density at radius 1 is 0.964 bits per heavy atom. The third-order valence-corrected chi connectivity index (χ3v) is 6.15. The summed E-state index contributed by atoms with van der Waals surface area (Å²) in [5.41, 5.74) is 2.50. The number of rotatable bonds is 4. The molecule has 1 N–H and O–H groups in total. The lowest BCUT2D eigenvalue weighted by Gasteiger charge is -2.32. The van der Waals surface area contributed by atoms with Crippen molar-refractivity contribution in [2.75, 3.05) is 0 Å². The quantitative estimate of drug-likeness (QED) is 0.781. The molecule has 1 saturated carbocycles. The van der Waals surface area contributed by atoms with E-state index in [1.165, 1.54) is 12.8 Å². The van der Waals surface area contributed by atoms with Gasteiger partial charge in [-0.25, -0.2) is 0 Å². The fraction of sp³-hybridized carbons (Fsp3) is 0.417. The summed E-state index contributed by atoms with van der Waals surface area (Å²) in [5, 5.41) is 3.27. The minimum atomic E-state index is -0.567. The molecule has 4 rings (SSSR count). The minimum absolute atomic E-state index is 0.0482. The zero-order valence-electron chi connectivity index (χ0n) is 16.4. The van der Waals surface area contributed by atoms with Gasteiger partial charge in [0.25, 0.3) is 5.91 Å². The largest absolute Gasteiger partial charge is 0.351 e. The molecule has 2 amide bonds. The van der Waals surface area contributed by atoms with Gasteiger partial charge in [-0.05, 0) is 37.0 Å². The van der Waals surface area contributed by atoms with Crippen LogP contribution in [0.2, 0.25) is 0 Å². The highest BCUT2D eigenvalue weighted by Crippen LogP contribution is 2.40. The van der Waals surface area contributed by atoms with Crippen molar-refractivity contribution >= 4 is 11.8 Å². The molecular formula is C24H28N2O2. The molecule has 0 radical (unpaired) electrons. The van der Waals surface area contributed by atoms with Crippen LogP contribution in [0.5, 0.6) is 0 Å². The Morgan fingerprint density at radius 3 is 2.32 bits per heavy atom. The Balaban J connectivity index is 1.64. The summed E-state index contributed by atoms with van der Waals surface area (Å²) in [6.45, 7) is 2.01. The van der Waals surface area contributed by atoms with E-state index in [1.54, 1.807) is 4.90 Å². The topological polar surface area (TPSA) is 49.4 Å². The van der Waals surface area contributed by atoms with Crippen LogP contribution in [0.4, 0.5) is 0 Å². The second-order valence-corrected chi connectivity index (χ2v) is 7.99. The molecule has 2 atom stereocenters. The fourth-order valence-corrected chi connectivity index (χ4v) is 4.60. The molecule has 1 fully saturated rings. The number of nitrogens with one attached hydrogen (secondary N) is 1. The number of carbonyl (C=O) groups is 2. The molecule has 2 aromatic carbocycles. The molecule has 4 heteroatoms. The van der Waals surface area contributed by atoms with Gasteiger partial charge >= 0.3 is 0 Å². The van der Waals surface area contributed by atoms with E-state index in [-0.39, 0.29) is 23.9 Å². The molecular weight excluding hydrogens is 348 g/mol. The van der Waals surface area contributed by atoms with E-state index < -0.39 is 6.04 Å². The molecule has 0 saturated heterocycles. The van der Waals surface area contributed by atoms with Crippen LogP contribution in [0.1, 0.15) is 79.0 Å². The second-order valence-electron chi connectivity index (χ2n) is 7.99. The van der Waals surface area contributed by atoms with Crippen molar-refractivity contribution in [3.05, 3.63) is 71.3 Å². The zero-order valence-corrected chi connectivity index (χ0v) is 16.4. The lowest BCUT2D eigenvalue weighted by atomic mass is 10.0. The van der Waals surface area contributed by atoms with Gasteiger partial charge in [0.15, 0.2) is 0 Å². The third-order valence-electron chi connectivity index (χ3n) is 6.15. The van der Waals surface area contributed by atoms with Crippen LogP contribution < -0.4 is 5.32 Å². The first-order chi connectivity index (χ1) is 13.7. The van der Waals surface area contributed by atoms with E-state index >= 15 is 0 Å². The van der Waals surface area contributed by atoms with Crippen LogP contribution in [0.3, 0.4) is 0 Å². The Morgan fingerprint density at radius 2 is 1.61 bits per heavy atom. The van der Waals surface area contributed by atoms with Gasteiger partial charge < -0.3 is 10.2 Å². The summed E-state index contributed by atoms with van der Waals surface area (Å²) in [6.07, 6.45) is 6.87. The summed E-state index contributed by atoms with van der Waals surface area (Å²) in [6, 6.07) is 16.9. The van der Waals surface area contributed by atoms with E-state index in [9.17, 15) is 9.59 Å². The Bertz CT molecular complexity index is 841. The average molecular weight is 377 g/mol. The maximum atomic E-state index is 13.4. The van der Waals surface area contributed by atoms with E-state index in [4.69, 9.17) is 0 Å². The minimum Gasteiger partial charge on any atom is -0.351 e. The fourth-order valence-electron chi connectivity index (χ4n) is 4.60. The maximum absolute atomic E-state index is 13.4. The summed E-state index contributed by atoms with van der Waals surface area (Å²) in [7, 11) is 0. The molecule has 28 heavy (non-hydrogen) atoms. The molecule has 0 spiro atoms.